The normalized spacial score (nSPS) is 10.4. The molecule has 0 aliphatic rings. The number of pyridine rings is 1. The minimum Gasteiger partial charge on any atom is -0.384 e. The van der Waals surface area contributed by atoms with E-state index < -0.39 is 17.5 Å². The van der Waals surface area contributed by atoms with Gasteiger partial charge in [-0.2, -0.15) is 0 Å². The van der Waals surface area contributed by atoms with E-state index in [1.54, 1.807) is 12.3 Å². The number of hydrogen-bond acceptors (Lipinski definition) is 3. The SMILES string of the molecule is CCCNc1cncc(Nc2ccc(F)c(F)c2F)c1. The van der Waals surface area contributed by atoms with Crippen molar-refractivity contribution in [2.45, 2.75) is 13.3 Å². The molecule has 0 unspecified atom stereocenters. The highest BCUT2D eigenvalue weighted by atomic mass is 19.2. The van der Waals surface area contributed by atoms with E-state index in [-0.39, 0.29) is 5.69 Å². The molecule has 106 valence electrons. The Morgan fingerprint density at radius 2 is 1.80 bits per heavy atom. The van der Waals surface area contributed by atoms with Crippen molar-refractivity contribution in [3.8, 4) is 0 Å². The fourth-order valence-corrected chi connectivity index (χ4v) is 1.65. The number of anilines is 3. The van der Waals surface area contributed by atoms with Crippen molar-refractivity contribution in [1.82, 2.24) is 4.98 Å². The average molecular weight is 281 g/mol. The summed E-state index contributed by atoms with van der Waals surface area (Å²) >= 11 is 0. The van der Waals surface area contributed by atoms with Gasteiger partial charge in [-0.25, -0.2) is 13.2 Å². The first kappa shape index (κ1) is 14.2. The Morgan fingerprint density at radius 1 is 1.05 bits per heavy atom. The maximum atomic E-state index is 13.5. The van der Waals surface area contributed by atoms with Gasteiger partial charge < -0.3 is 10.6 Å². The molecule has 0 aliphatic heterocycles. The Hall–Kier alpha value is -2.24. The van der Waals surface area contributed by atoms with Crippen LogP contribution in [-0.2, 0) is 0 Å². The first-order chi connectivity index (χ1) is 9.61. The Bertz CT molecular complexity index is 602. The van der Waals surface area contributed by atoms with Gasteiger partial charge in [-0.1, -0.05) is 6.92 Å². The van der Waals surface area contributed by atoms with Crippen LogP contribution in [0.3, 0.4) is 0 Å². The monoisotopic (exact) mass is 281 g/mol. The Kier molecular flexibility index (Phi) is 4.45. The van der Waals surface area contributed by atoms with Gasteiger partial charge in [0.15, 0.2) is 17.5 Å². The summed E-state index contributed by atoms with van der Waals surface area (Å²) in [5, 5.41) is 5.80. The molecule has 2 N–H and O–H groups in total. The maximum absolute atomic E-state index is 13.5. The zero-order valence-electron chi connectivity index (χ0n) is 10.9. The second-order valence-corrected chi connectivity index (χ2v) is 4.24. The standard InChI is InChI=1S/C14H14F3N3/c1-2-5-19-9-6-10(8-18-7-9)20-12-4-3-11(15)13(16)14(12)17/h3-4,6-8,19-20H,2,5H2,1H3. The van der Waals surface area contributed by atoms with E-state index in [1.165, 1.54) is 6.20 Å². The van der Waals surface area contributed by atoms with Crippen molar-refractivity contribution in [2.24, 2.45) is 0 Å². The molecular formula is C14H14F3N3. The van der Waals surface area contributed by atoms with E-state index in [0.29, 0.717) is 5.69 Å². The zero-order valence-corrected chi connectivity index (χ0v) is 10.9. The Morgan fingerprint density at radius 3 is 2.55 bits per heavy atom. The highest BCUT2D eigenvalue weighted by molar-refractivity contribution is 5.63. The lowest BCUT2D eigenvalue weighted by molar-refractivity contribution is 0.449. The van der Waals surface area contributed by atoms with Gasteiger partial charge in [0.25, 0.3) is 0 Å². The zero-order chi connectivity index (χ0) is 14.5. The molecule has 0 fully saturated rings. The topological polar surface area (TPSA) is 37.0 Å². The summed E-state index contributed by atoms with van der Waals surface area (Å²) in [6.07, 6.45) is 4.05. The fourth-order valence-electron chi connectivity index (χ4n) is 1.65. The van der Waals surface area contributed by atoms with E-state index in [1.807, 2.05) is 6.92 Å². The van der Waals surface area contributed by atoms with Gasteiger partial charge in [0.05, 0.1) is 29.5 Å². The third-order valence-electron chi connectivity index (χ3n) is 2.63. The lowest BCUT2D eigenvalue weighted by atomic mass is 10.2. The van der Waals surface area contributed by atoms with Crippen molar-refractivity contribution in [3.63, 3.8) is 0 Å². The van der Waals surface area contributed by atoms with Crippen LogP contribution in [0.1, 0.15) is 13.3 Å². The number of nitrogens with zero attached hydrogens (tertiary/aromatic N) is 1. The molecule has 1 aromatic heterocycles. The molecule has 3 nitrogen and oxygen atoms in total. The van der Waals surface area contributed by atoms with Crippen molar-refractivity contribution in [1.29, 1.82) is 0 Å². The van der Waals surface area contributed by atoms with Crippen LogP contribution >= 0.6 is 0 Å². The van der Waals surface area contributed by atoms with Crippen LogP contribution < -0.4 is 10.6 Å². The molecular weight excluding hydrogens is 267 g/mol. The van der Waals surface area contributed by atoms with Gasteiger partial charge in [0.2, 0.25) is 0 Å². The summed E-state index contributed by atoms with van der Waals surface area (Å²) in [7, 11) is 0. The highest BCUT2D eigenvalue weighted by Gasteiger charge is 2.13. The smallest absolute Gasteiger partial charge is 0.196 e. The largest absolute Gasteiger partial charge is 0.384 e. The molecule has 0 radical (unpaired) electrons. The van der Waals surface area contributed by atoms with Crippen molar-refractivity contribution < 1.29 is 13.2 Å². The molecule has 0 bridgehead atoms. The van der Waals surface area contributed by atoms with Gasteiger partial charge >= 0.3 is 0 Å². The molecule has 0 atom stereocenters. The summed E-state index contributed by atoms with van der Waals surface area (Å²) in [4.78, 5) is 3.99. The summed E-state index contributed by atoms with van der Waals surface area (Å²) in [6, 6.07) is 3.72. The van der Waals surface area contributed by atoms with Crippen LogP contribution in [0.25, 0.3) is 0 Å². The molecule has 0 spiro atoms. The first-order valence-electron chi connectivity index (χ1n) is 6.21. The van der Waals surface area contributed by atoms with Crippen LogP contribution in [0.15, 0.2) is 30.6 Å². The minimum atomic E-state index is -1.50. The van der Waals surface area contributed by atoms with Gasteiger partial charge in [-0.05, 0) is 24.6 Å². The number of hydrogen-bond donors (Lipinski definition) is 2. The number of benzene rings is 1. The second kappa shape index (κ2) is 6.27. The quantitative estimate of drug-likeness (QED) is 0.811. The van der Waals surface area contributed by atoms with Gasteiger partial charge in [-0.15, -0.1) is 0 Å². The Balaban J connectivity index is 2.20. The second-order valence-electron chi connectivity index (χ2n) is 4.24. The number of rotatable bonds is 5. The predicted octanol–water partition coefficient (Wildman–Crippen LogP) is 4.06. The molecule has 2 rings (SSSR count). The Labute approximate surface area is 114 Å². The number of nitrogens with one attached hydrogen (secondary N) is 2. The summed E-state index contributed by atoms with van der Waals surface area (Å²) in [5.41, 5.74) is 1.11. The summed E-state index contributed by atoms with van der Waals surface area (Å²) in [5.74, 6) is -3.97. The number of halogens is 3. The van der Waals surface area contributed by atoms with E-state index in [0.717, 1.165) is 30.8 Å². The first-order valence-corrected chi connectivity index (χ1v) is 6.21. The third-order valence-corrected chi connectivity index (χ3v) is 2.63. The molecule has 20 heavy (non-hydrogen) atoms. The van der Waals surface area contributed by atoms with Crippen LogP contribution in [0.5, 0.6) is 0 Å². The maximum Gasteiger partial charge on any atom is 0.196 e. The molecule has 1 heterocycles. The van der Waals surface area contributed by atoms with Gasteiger partial charge in [-0.3, -0.25) is 4.98 Å². The fraction of sp³-hybridized carbons (Fsp3) is 0.214. The molecule has 0 saturated heterocycles. The minimum absolute atomic E-state index is 0.140. The summed E-state index contributed by atoms with van der Waals surface area (Å²) in [6.45, 7) is 2.81. The van der Waals surface area contributed by atoms with E-state index in [2.05, 4.69) is 15.6 Å². The molecule has 1 aromatic carbocycles. The molecule has 0 aliphatic carbocycles. The van der Waals surface area contributed by atoms with Crippen LogP contribution in [0, 0.1) is 17.5 Å². The van der Waals surface area contributed by atoms with E-state index >= 15 is 0 Å². The predicted molar refractivity (Wildman–Crippen MR) is 72.6 cm³/mol. The third kappa shape index (κ3) is 3.20. The molecule has 6 heteroatoms. The van der Waals surface area contributed by atoms with Crippen molar-refractivity contribution in [3.05, 3.63) is 48.0 Å². The summed E-state index contributed by atoms with van der Waals surface area (Å²) < 4.78 is 39.5. The van der Waals surface area contributed by atoms with Crippen LogP contribution in [-0.4, -0.2) is 11.5 Å². The molecule has 0 saturated carbocycles. The molecule has 0 amide bonds. The van der Waals surface area contributed by atoms with Crippen LogP contribution in [0.4, 0.5) is 30.2 Å². The lowest BCUT2D eigenvalue weighted by Gasteiger charge is -2.10. The van der Waals surface area contributed by atoms with E-state index in [9.17, 15) is 13.2 Å². The van der Waals surface area contributed by atoms with E-state index in [4.69, 9.17) is 0 Å². The van der Waals surface area contributed by atoms with Crippen LogP contribution in [0.2, 0.25) is 0 Å². The van der Waals surface area contributed by atoms with Crippen molar-refractivity contribution in [2.75, 3.05) is 17.2 Å². The molecule has 2 aromatic rings. The lowest BCUT2D eigenvalue weighted by Crippen LogP contribution is -2.02. The number of aromatic nitrogens is 1. The highest BCUT2D eigenvalue weighted by Crippen LogP contribution is 2.24. The van der Waals surface area contributed by atoms with Gasteiger partial charge in [0.1, 0.15) is 0 Å². The average Bonchev–Trinajstić information content (AvgIpc) is 2.46. The van der Waals surface area contributed by atoms with Gasteiger partial charge in [0, 0.05) is 6.54 Å². The van der Waals surface area contributed by atoms with Crippen molar-refractivity contribution >= 4 is 17.1 Å².